The molecular weight excluding hydrogens is 424 g/mol. The number of hydrogen-bond donors (Lipinski definition) is 1. The number of hydrogen-bond acceptors (Lipinski definition) is 5. The van der Waals surface area contributed by atoms with Crippen molar-refractivity contribution in [1.82, 2.24) is 4.72 Å². The van der Waals surface area contributed by atoms with Crippen molar-refractivity contribution in [3.8, 4) is 0 Å². The van der Waals surface area contributed by atoms with Gasteiger partial charge in [-0.15, -0.1) is 0 Å². The predicted octanol–water partition coefficient (Wildman–Crippen LogP) is 3.36. The fourth-order valence-corrected chi connectivity index (χ4v) is 5.77. The molecule has 0 aliphatic rings. The summed E-state index contributed by atoms with van der Waals surface area (Å²) in [6.07, 6.45) is 1.27. The highest BCUT2D eigenvalue weighted by atomic mass is 32.2. The molecule has 1 heterocycles. The molecule has 3 aromatic rings. The molecule has 0 aliphatic heterocycles. The minimum atomic E-state index is -4.13. The molecule has 1 atom stereocenters. The van der Waals surface area contributed by atoms with Crippen LogP contribution in [0.3, 0.4) is 0 Å². The van der Waals surface area contributed by atoms with Crippen molar-refractivity contribution in [2.24, 2.45) is 0 Å². The lowest BCUT2D eigenvalue weighted by atomic mass is 10.2. The van der Waals surface area contributed by atoms with Crippen molar-refractivity contribution in [1.29, 1.82) is 0 Å². The Morgan fingerprint density at radius 1 is 0.966 bits per heavy atom. The molecule has 1 aromatic heterocycles. The van der Waals surface area contributed by atoms with E-state index in [4.69, 9.17) is 4.42 Å². The molecule has 6 nitrogen and oxygen atoms in total. The van der Waals surface area contributed by atoms with E-state index in [2.05, 4.69) is 4.72 Å². The van der Waals surface area contributed by atoms with E-state index in [9.17, 15) is 25.6 Å². The van der Waals surface area contributed by atoms with Gasteiger partial charge < -0.3 is 4.42 Å². The Morgan fingerprint density at radius 2 is 1.62 bits per heavy atom. The third kappa shape index (κ3) is 4.55. The highest BCUT2D eigenvalue weighted by Crippen LogP contribution is 2.29. The lowest BCUT2D eigenvalue weighted by molar-refractivity contribution is 0.486. The predicted molar refractivity (Wildman–Crippen MR) is 101 cm³/mol. The first-order valence-electron chi connectivity index (χ1n) is 8.40. The molecule has 0 amide bonds. The van der Waals surface area contributed by atoms with Gasteiger partial charge >= 0.3 is 0 Å². The second-order valence-corrected chi connectivity index (χ2v) is 10.1. The van der Waals surface area contributed by atoms with Crippen molar-refractivity contribution in [3.05, 3.63) is 83.8 Å². The average Bonchev–Trinajstić information content (AvgIpc) is 3.15. The van der Waals surface area contributed by atoms with Crippen LogP contribution in [0.1, 0.15) is 16.6 Å². The smallest absolute Gasteiger partial charge is 0.240 e. The first-order valence-corrected chi connectivity index (χ1v) is 11.4. The molecule has 29 heavy (non-hydrogen) atoms. The summed E-state index contributed by atoms with van der Waals surface area (Å²) < 4.78 is 85.3. The van der Waals surface area contributed by atoms with Crippen molar-refractivity contribution in [2.45, 2.75) is 22.0 Å². The SMILES string of the molecule is Cc1cc(F)ccc1S(=O)(=O)NCC(c1ccco1)S(=O)(=O)c1ccc(F)cc1. The number of nitrogens with one attached hydrogen (secondary N) is 1. The first-order chi connectivity index (χ1) is 13.6. The van der Waals surface area contributed by atoms with Crippen LogP contribution >= 0.6 is 0 Å². The van der Waals surface area contributed by atoms with Crippen LogP contribution in [0.5, 0.6) is 0 Å². The number of rotatable bonds is 7. The summed E-state index contributed by atoms with van der Waals surface area (Å²) in [4.78, 5) is -0.353. The molecule has 0 aliphatic carbocycles. The van der Waals surface area contributed by atoms with Gasteiger partial charge in [0.25, 0.3) is 0 Å². The zero-order valence-corrected chi connectivity index (χ0v) is 16.8. The topological polar surface area (TPSA) is 93.4 Å². The minimum Gasteiger partial charge on any atom is -0.468 e. The summed E-state index contributed by atoms with van der Waals surface area (Å²) in [7, 11) is -8.24. The molecule has 154 valence electrons. The van der Waals surface area contributed by atoms with Crippen LogP contribution in [0.15, 0.2) is 75.1 Å². The molecular formula is C19H17F2NO5S2. The standard InChI is InChI=1S/C19H17F2NO5S2/c1-13-11-15(21)6-9-18(13)29(25,26)22-12-19(17-3-2-10-27-17)28(23,24)16-7-4-14(20)5-8-16/h2-11,19,22H,12H2,1H3. The van der Waals surface area contributed by atoms with Crippen molar-refractivity contribution < 1.29 is 30.0 Å². The Hall–Kier alpha value is -2.56. The number of benzene rings is 2. The lowest BCUT2D eigenvalue weighted by Gasteiger charge is -2.17. The highest BCUT2D eigenvalue weighted by molar-refractivity contribution is 7.92. The van der Waals surface area contributed by atoms with E-state index in [1.165, 1.54) is 25.3 Å². The second-order valence-electron chi connectivity index (χ2n) is 6.26. The maximum atomic E-state index is 13.3. The van der Waals surface area contributed by atoms with Crippen molar-refractivity contribution in [2.75, 3.05) is 6.54 Å². The van der Waals surface area contributed by atoms with Gasteiger partial charge in [-0.2, -0.15) is 0 Å². The number of sulfonamides is 1. The van der Waals surface area contributed by atoms with Gasteiger partial charge in [-0.05, 0) is 67.1 Å². The summed E-state index contributed by atoms with van der Waals surface area (Å²) in [5.41, 5.74) is 0.174. The molecule has 0 fully saturated rings. The Labute approximate surface area is 167 Å². The number of furan rings is 1. The molecule has 0 saturated heterocycles. The van der Waals surface area contributed by atoms with E-state index in [0.717, 1.165) is 42.5 Å². The molecule has 1 unspecified atom stereocenters. The van der Waals surface area contributed by atoms with E-state index in [1.807, 2.05) is 0 Å². The van der Waals surface area contributed by atoms with Crippen LogP contribution in [0.4, 0.5) is 8.78 Å². The zero-order chi connectivity index (χ0) is 21.2. The molecule has 3 rings (SSSR count). The largest absolute Gasteiger partial charge is 0.468 e. The third-order valence-corrected chi connectivity index (χ3v) is 7.92. The summed E-state index contributed by atoms with van der Waals surface area (Å²) >= 11 is 0. The third-order valence-electron chi connectivity index (χ3n) is 4.26. The Morgan fingerprint density at radius 3 is 2.21 bits per heavy atom. The Kier molecular flexibility index (Phi) is 5.87. The number of sulfone groups is 1. The van der Waals surface area contributed by atoms with Crippen molar-refractivity contribution >= 4 is 19.9 Å². The van der Waals surface area contributed by atoms with Gasteiger partial charge in [-0.3, -0.25) is 0 Å². The van der Waals surface area contributed by atoms with Crippen LogP contribution < -0.4 is 4.72 Å². The van der Waals surface area contributed by atoms with Crippen LogP contribution in [-0.2, 0) is 19.9 Å². The van der Waals surface area contributed by atoms with Gasteiger partial charge in [0.1, 0.15) is 22.6 Å². The van der Waals surface area contributed by atoms with E-state index in [-0.39, 0.29) is 21.1 Å². The summed E-state index contributed by atoms with van der Waals surface area (Å²) in [5.74, 6) is -1.17. The van der Waals surface area contributed by atoms with Gasteiger partial charge in [0, 0.05) is 6.54 Å². The van der Waals surface area contributed by atoms with E-state index >= 15 is 0 Å². The molecule has 0 spiro atoms. The van der Waals surface area contributed by atoms with Gasteiger partial charge in [0.05, 0.1) is 16.1 Å². The minimum absolute atomic E-state index is 0.0212. The molecule has 2 aromatic carbocycles. The van der Waals surface area contributed by atoms with Crippen LogP contribution in [0.2, 0.25) is 0 Å². The number of aryl methyl sites for hydroxylation is 1. The monoisotopic (exact) mass is 441 g/mol. The van der Waals surface area contributed by atoms with E-state index in [1.54, 1.807) is 0 Å². The zero-order valence-electron chi connectivity index (χ0n) is 15.2. The lowest BCUT2D eigenvalue weighted by Crippen LogP contribution is -2.32. The average molecular weight is 441 g/mol. The van der Waals surface area contributed by atoms with E-state index < -0.39 is 43.3 Å². The van der Waals surface area contributed by atoms with Crippen LogP contribution in [0, 0.1) is 18.6 Å². The normalized spacial score (nSPS) is 13.3. The summed E-state index contributed by atoms with van der Waals surface area (Å²) in [6, 6.07) is 10.2. The first kappa shape index (κ1) is 21.2. The molecule has 1 N–H and O–H groups in total. The van der Waals surface area contributed by atoms with Gasteiger partial charge in [-0.1, -0.05) is 0 Å². The Bertz CT molecular complexity index is 1210. The quantitative estimate of drug-likeness (QED) is 0.568. The number of halogens is 2. The maximum Gasteiger partial charge on any atom is 0.240 e. The van der Waals surface area contributed by atoms with Gasteiger partial charge in [0.2, 0.25) is 10.0 Å². The summed E-state index contributed by atoms with van der Waals surface area (Å²) in [5, 5.41) is -1.39. The fraction of sp³-hybridized carbons (Fsp3) is 0.158. The molecule has 0 radical (unpaired) electrons. The molecule has 0 saturated carbocycles. The van der Waals surface area contributed by atoms with Crippen molar-refractivity contribution in [3.63, 3.8) is 0 Å². The molecule has 0 bridgehead atoms. The maximum absolute atomic E-state index is 13.3. The van der Waals surface area contributed by atoms with Crippen LogP contribution in [0.25, 0.3) is 0 Å². The fourth-order valence-electron chi connectivity index (χ4n) is 2.80. The van der Waals surface area contributed by atoms with Gasteiger partial charge in [0.15, 0.2) is 9.84 Å². The second kappa shape index (κ2) is 8.05. The molecule has 10 heteroatoms. The Balaban J connectivity index is 1.94. The van der Waals surface area contributed by atoms with Gasteiger partial charge in [-0.25, -0.2) is 30.3 Å². The summed E-state index contributed by atoms with van der Waals surface area (Å²) in [6.45, 7) is 0.892. The van der Waals surface area contributed by atoms with Crippen LogP contribution in [-0.4, -0.2) is 23.4 Å². The van der Waals surface area contributed by atoms with E-state index in [0.29, 0.717) is 0 Å². The highest BCUT2D eigenvalue weighted by Gasteiger charge is 2.33.